The number of aromatic nitrogens is 1. The summed E-state index contributed by atoms with van der Waals surface area (Å²) in [5.74, 6) is 1.37. The normalized spacial score (nSPS) is 11.1. The van der Waals surface area contributed by atoms with Crippen LogP contribution in [0.3, 0.4) is 0 Å². The lowest BCUT2D eigenvalue weighted by molar-refractivity contribution is -0.112. The largest absolute Gasteiger partial charge is 0.494 e. The van der Waals surface area contributed by atoms with Gasteiger partial charge in [-0.2, -0.15) is 5.26 Å². The predicted molar refractivity (Wildman–Crippen MR) is 126 cm³/mol. The van der Waals surface area contributed by atoms with E-state index in [1.54, 1.807) is 18.2 Å². The molecule has 0 aliphatic rings. The van der Waals surface area contributed by atoms with E-state index in [-0.39, 0.29) is 5.57 Å². The Morgan fingerprint density at radius 2 is 2.03 bits per heavy atom. The Bertz CT molecular complexity index is 1160. The maximum Gasteiger partial charge on any atom is 0.268 e. The van der Waals surface area contributed by atoms with E-state index in [0.717, 1.165) is 28.8 Å². The highest BCUT2D eigenvalue weighted by Crippen LogP contribution is 2.31. The lowest BCUT2D eigenvalue weighted by Crippen LogP contribution is -2.13. The summed E-state index contributed by atoms with van der Waals surface area (Å²) in [5, 5.41) is 12.6. The zero-order valence-electron chi connectivity index (χ0n) is 18.3. The minimum Gasteiger partial charge on any atom is -0.494 e. The van der Waals surface area contributed by atoms with Crippen LogP contribution in [0.1, 0.15) is 32.3 Å². The molecule has 3 aromatic rings. The zero-order chi connectivity index (χ0) is 22.9. The van der Waals surface area contributed by atoms with Crippen molar-refractivity contribution in [1.82, 2.24) is 4.98 Å². The Hall–Kier alpha value is -3.57. The van der Waals surface area contributed by atoms with Crippen LogP contribution in [0.5, 0.6) is 17.2 Å². The fourth-order valence-electron chi connectivity index (χ4n) is 2.91. The summed E-state index contributed by atoms with van der Waals surface area (Å²) in [4.78, 5) is 17.1. The first-order chi connectivity index (χ1) is 15.6. The van der Waals surface area contributed by atoms with Crippen molar-refractivity contribution in [3.8, 4) is 23.3 Å². The van der Waals surface area contributed by atoms with Gasteiger partial charge in [-0.15, -0.1) is 0 Å². The third-order valence-electron chi connectivity index (χ3n) is 4.51. The van der Waals surface area contributed by atoms with Gasteiger partial charge in [0.15, 0.2) is 16.6 Å². The summed E-state index contributed by atoms with van der Waals surface area (Å²) in [7, 11) is 1.54. The second-order valence-electron chi connectivity index (χ2n) is 6.82. The summed E-state index contributed by atoms with van der Waals surface area (Å²) < 4.78 is 17.5. The van der Waals surface area contributed by atoms with E-state index in [2.05, 4.69) is 17.2 Å². The number of hydrogen-bond acceptors (Lipinski definition) is 7. The molecule has 166 valence electrons. The number of nitrogens with one attached hydrogen (secondary N) is 1. The third-order valence-corrected chi connectivity index (χ3v) is 5.44. The first-order valence-electron chi connectivity index (χ1n) is 10.3. The average molecular weight is 452 g/mol. The van der Waals surface area contributed by atoms with Crippen LogP contribution in [-0.4, -0.2) is 31.2 Å². The molecule has 0 spiro atoms. The summed E-state index contributed by atoms with van der Waals surface area (Å²) >= 11 is 1.33. The number of thiazole rings is 1. The fraction of sp³-hybridized carbons (Fsp3) is 0.292. The molecule has 0 radical (unpaired) electrons. The molecule has 0 aliphatic carbocycles. The Kier molecular flexibility index (Phi) is 8.06. The number of nitriles is 1. The number of hydrogen-bond donors (Lipinski definition) is 1. The van der Waals surface area contributed by atoms with Crippen LogP contribution in [0.4, 0.5) is 5.13 Å². The number of carbonyl (C=O) groups excluding carboxylic acids is 1. The highest BCUT2D eigenvalue weighted by Gasteiger charge is 2.14. The van der Waals surface area contributed by atoms with Gasteiger partial charge in [-0.25, -0.2) is 4.98 Å². The molecule has 2 aromatic carbocycles. The van der Waals surface area contributed by atoms with Gasteiger partial charge < -0.3 is 14.2 Å². The quantitative estimate of drug-likeness (QED) is 0.251. The molecule has 3 rings (SSSR count). The first-order valence-corrected chi connectivity index (χ1v) is 11.2. The van der Waals surface area contributed by atoms with Crippen LogP contribution in [0.2, 0.25) is 0 Å². The van der Waals surface area contributed by atoms with Crippen LogP contribution in [-0.2, 0) is 4.79 Å². The maximum atomic E-state index is 12.7. The summed E-state index contributed by atoms with van der Waals surface area (Å²) in [6.07, 6.45) is 3.56. The van der Waals surface area contributed by atoms with Gasteiger partial charge in [0.1, 0.15) is 17.4 Å². The van der Waals surface area contributed by atoms with Crippen molar-refractivity contribution < 1.29 is 19.0 Å². The Labute approximate surface area is 191 Å². The standard InChI is InChI=1S/C24H25N3O4S/c1-4-6-11-31-18-8-9-19-22(14-18)32-24(26-19)27-23(28)17(15-25)12-16-7-10-20(30-5-2)21(13-16)29-3/h7-10,12-14H,4-6,11H2,1-3H3,(H,26,27,28)/b17-12+. The van der Waals surface area contributed by atoms with E-state index in [9.17, 15) is 10.1 Å². The predicted octanol–water partition coefficient (Wildman–Crippen LogP) is 5.43. The second kappa shape index (κ2) is 11.2. The molecule has 0 saturated carbocycles. The molecule has 32 heavy (non-hydrogen) atoms. The number of unbranched alkanes of at least 4 members (excludes halogenated alkanes) is 1. The topological polar surface area (TPSA) is 93.5 Å². The van der Waals surface area contributed by atoms with Crippen LogP contribution in [0.15, 0.2) is 42.0 Å². The number of carbonyl (C=O) groups is 1. The summed E-state index contributed by atoms with van der Waals surface area (Å²) in [5.41, 5.74) is 1.36. The molecule has 8 heteroatoms. The van der Waals surface area contributed by atoms with Gasteiger partial charge in [-0.1, -0.05) is 30.7 Å². The number of anilines is 1. The lowest BCUT2D eigenvalue weighted by Gasteiger charge is -2.09. The fourth-order valence-corrected chi connectivity index (χ4v) is 3.80. The minimum absolute atomic E-state index is 0.0425. The molecule has 0 saturated heterocycles. The summed E-state index contributed by atoms with van der Waals surface area (Å²) in [6.45, 7) is 5.16. The van der Waals surface area contributed by atoms with Gasteiger partial charge in [0.05, 0.1) is 30.5 Å². The van der Waals surface area contributed by atoms with E-state index in [1.165, 1.54) is 24.5 Å². The molecule has 0 aliphatic heterocycles. The number of rotatable bonds is 10. The van der Waals surface area contributed by atoms with Crippen LogP contribution < -0.4 is 19.5 Å². The molecule has 0 fully saturated rings. The van der Waals surface area contributed by atoms with E-state index in [0.29, 0.717) is 35.4 Å². The van der Waals surface area contributed by atoms with E-state index >= 15 is 0 Å². The van der Waals surface area contributed by atoms with Gasteiger partial charge in [0, 0.05) is 0 Å². The van der Waals surface area contributed by atoms with E-state index in [1.807, 2.05) is 31.2 Å². The molecule has 1 heterocycles. The van der Waals surface area contributed by atoms with Crippen LogP contribution in [0.25, 0.3) is 16.3 Å². The number of ether oxygens (including phenoxy) is 3. The van der Waals surface area contributed by atoms with E-state index < -0.39 is 5.91 Å². The highest BCUT2D eigenvalue weighted by molar-refractivity contribution is 7.22. The number of nitrogens with zero attached hydrogens (tertiary/aromatic N) is 2. The molecule has 1 aromatic heterocycles. The molecular formula is C24H25N3O4S. The maximum absolute atomic E-state index is 12.7. The van der Waals surface area contributed by atoms with Crippen molar-refractivity contribution >= 4 is 38.7 Å². The van der Waals surface area contributed by atoms with Gasteiger partial charge in [-0.05, 0) is 55.3 Å². The Morgan fingerprint density at radius 1 is 1.19 bits per heavy atom. The number of fused-ring (bicyclic) bond motifs is 1. The highest BCUT2D eigenvalue weighted by atomic mass is 32.1. The monoisotopic (exact) mass is 451 g/mol. The number of amides is 1. The number of benzene rings is 2. The van der Waals surface area contributed by atoms with Crippen molar-refractivity contribution in [2.45, 2.75) is 26.7 Å². The molecule has 1 amide bonds. The third kappa shape index (κ3) is 5.77. The number of methoxy groups -OCH3 is 1. The zero-order valence-corrected chi connectivity index (χ0v) is 19.1. The Morgan fingerprint density at radius 3 is 2.75 bits per heavy atom. The first kappa shape index (κ1) is 23.1. The van der Waals surface area contributed by atoms with Gasteiger partial charge in [0.2, 0.25) is 0 Å². The molecule has 7 nitrogen and oxygen atoms in total. The van der Waals surface area contributed by atoms with Gasteiger partial charge >= 0.3 is 0 Å². The molecule has 1 N–H and O–H groups in total. The SMILES string of the molecule is CCCCOc1ccc2nc(NC(=O)/C(C#N)=C/c3ccc(OCC)c(OC)c3)sc2c1. The lowest BCUT2D eigenvalue weighted by atomic mass is 10.1. The van der Waals surface area contributed by atoms with Crippen molar-refractivity contribution in [2.75, 3.05) is 25.6 Å². The smallest absolute Gasteiger partial charge is 0.268 e. The second-order valence-corrected chi connectivity index (χ2v) is 7.85. The van der Waals surface area contributed by atoms with Crippen LogP contribution >= 0.6 is 11.3 Å². The van der Waals surface area contributed by atoms with Crippen molar-refractivity contribution in [2.24, 2.45) is 0 Å². The molecular weight excluding hydrogens is 426 g/mol. The molecule has 0 unspecified atom stereocenters. The van der Waals surface area contributed by atoms with E-state index in [4.69, 9.17) is 14.2 Å². The molecule has 0 bridgehead atoms. The van der Waals surface area contributed by atoms with Crippen molar-refractivity contribution in [1.29, 1.82) is 5.26 Å². The van der Waals surface area contributed by atoms with Crippen molar-refractivity contribution in [3.05, 3.63) is 47.5 Å². The molecule has 0 atom stereocenters. The average Bonchev–Trinajstić information content (AvgIpc) is 3.20. The van der Waals surface area contributed by atoms with Gasteiger partial charge in [0.25, 0.3) is 5.91 Å². The van der Waals surface area contributed by atoms with Crippen LogP contribution in [0, 0.1) is 11.3 Å². The van der Waals surface area contributed by atoms with Gasteiger partial charge in [-0.3, -0.25) is 10.1 Å². The minimum atomic E-state index is -0.529. The summed E-state index contributed by atoms with van der Waals surface area (Å²) in [6, 6.07) is 12.8. The van der Waals surface area contributed by atoms with Crippen molar-refractivity contribution in [3.63, 3.8) is 0 Å². The Balaban J connectivity index is 1.76.